The average Bonchev–Trinajstić information content (AvgIpc) is 3.19. The van der Waals surface area contributed by atoms with Gasteiger partial charge in [-0.05, 0) is 12.0 Å². The van der Waals surface area contributed by atoms with Gasteiger partial charge in [-0.1, -0.05) is 30.3 Å². The Labute approximate surface area is 151 Å². The number of urea groups is 1. The van der Waals surface area contributed by atoms with E-state index in [-0.39, 0.29) is 23.6 Å². The Hall–Kier alpha value is -1.93. The highest BCUT2D eigenvalue weighted by Crippen LogP contribution is 2.17. The highest BCUT2D eigenvalue weighted by molar-refractivity contribution is 7.91. The van der Waals surface area contributed by atoms with Gasteiger partial charge in [0.05, 0.1) is 28.8 Å². The number of benzene rings is 1. The number of amides is 2. The predicted molar refractivity (Wildman–Crippen MR) is 98.4 cm³/mol. The molecule has 0 bridgehead atoms. The van der Waals surface area contributed by atoms with Crippen LogP contribution in [0, 0.1) is 0 Å². The average molecular weight is 380 g/mol. The van der Waals surface area contributed by atoms with Crippen molar-refractivity contribution in [3.63, 3.8) is 0 Å². The lowest BCUT2D eigenvalue weighted by molar-refractivity contribution is 0.194. The van der Waals surface area contributed by atoms with Crippen LogP contribution in [0.15, 0.2) is 35.7 Å². The van der Waals surface area contributed by atoms with Crippen molar-refractivity contribution in [3.05, 3.63) is 52.0 Å². The van der Waals surface area contributed by atoms with E-state index in [1.807, 2.05) is 23.6 Å². The molecular formula is C17H21N3O3S2. The molecule has 8 heteroatoms. The van der Waals surface area contributed by atoms with Gasteiger partial charge in [0.1, 0.15) is 0 Å². The maximum Gasteiger partial charge on any atom is 0.317 e. The van der Waals surface area contributed by atoms with Gasteiger partial charge < -0.3 is 10.2 Å². The molecule has 1 aromatic carbocycles. The number of rotatable bonds is 5. The van der Waals surface area contributed by atoms with Crippen LogP contribution in [0.4, 0.5) is 4.79 Å². The molecular weight excluding hydrogens is 358 g/mol. The quantitative estimate of drug-likeness (QED) is 0.862. The number of nitrogens with one attached hydrogen (secondary N) is 1. The van der Waals surface area contributed by atoms with Crippen LogP contribution in [0.25, 0.3) is 0 Å². The van der Waals surface area contributed by atoms with Gasteiger partial charge >= 0.3 is 6.03 Å². The van der Waals surface area contributed by atoms with E-state index in [4.69, 9.17) is 0 Å². The minimum Gasteiger partial charge on any atom is -0.332 e. The van der Waals surface area contributed by atoms with E-state index in [1.54, 1.807) is 18.4 Å². The fraction of sp³-hybridized carbons (Fsp3) is 0.412. The van der Waals surface area contributed by atoms with Crippen molar-refractivity contribution in [2.24, 2.45) is 0 Å². The number of hydrogen-bond donors (Lipinski definition) is 1. The molecule has 1 unspecified atom stereocenters. The SMILES string of the molecule is CN(C(=O)NCc1csc(Cc2ccccc2)n1)C1CCS(=O)(=O)C1. The summed E-state index contributed by atoms with van der Waals surface area (Å²) in [5, 5.41) is 5.76. The van der Waals surface area contributed by atoms with Crippen LogP contribution in [-0.4, -0.2) is 48.9 Å². The summed E-state index contributed by atoms with van der Waals surface area (Å²) in [6.07, 6.45) is 1.28. The van der Waals surface area contributed by atoms with Crippen LogP contribution in [0.1, 0.15) is 22.7 Å². The highest BCUT2D eigenvalue weighted by Gasteiger charge is 2.32. The normalized spacial score (nSPS) is 18.8. The molecule has 2 aromatic rings. The van der Waals surface area contributed by atoms with Crippen LogP contribution >= 0.6 is 11.3 Å². The molecule has 1 aliphatic heterocycles. The zero-order valence-corrected chi connectivity index (χ0v) is 15.6. The molecule has 0 spiro atoms. The first-order chi connectivity index (χ1) is 11.9. The molecule has 1 atom stereocenters. The Bertz CT molecular complexity index is 834. The minimum absolute atomic E-state index is 0.0504. The summed E-state index contributed by atoms with van der Waals surface area (Å²) in [4.78, 5) is 18.2. The summed E-state index contributed by atoms with van der Waals surface area (Å²) >= 11 is 1.57. The summed E-state index contributed by atoms with van der Waals surface area (Å²) in [6.45, 7) is 0.341. The molecule has 2 heterocycles. The lowest BCUT2D eigenvalue weighted by atomic mass is 10.2. The van der Waals surface area contributed by atoms with Crippen LogP contribution in [0.3, 0.4) is 0 Å². The molecule has 1 fully saturated rings. The largest absolute Gasteiger partial charge is 0.332 e. The van der Waals surface area contributed by atoms with Gasteiger partial charge in [-0.3, -0.25) is 0 Å². The van der Waals surface area contributed by atoms with E-state index < -0.39 is 9.84 Å². The van der Waals surface area contributed by atoms with Crippen LogP contribution in [0.5, 0.6) is 0 Å². The number of sulfone groups is 1. The van der Waals surface area contributed by atoms with E-state index in [0.717, 1.165) is 17.1 Å². The van der Waals surface area contributed by atoms with E-state index in [9.17, 15) is 13.2 Å². The van der Waals surface area contributed by atoms with Crippen LogP contribution in [-0.2, 0) is 22.8 Å². The van der Waals surface area contributed by atoms with Crippen molar-refractivity contribution in [3.8, 4) is 0 Å². The molecule has 6 nitrogen and oxygen atoms in total. The fourth-order valence-electron chi connectivity index (χ4n) is 2.82. The molecule has 0 saturated carbocycles. The molecule has 134 valence electrons. The van der Waals surface area contributed by atoms with E-state index >= 15 is 0 Å². The van der Waals surface area contributed by atoms with Gasteiger partial charge in [-0.25, -0.2) is 18.2 Å². The van der Waals surface area contributed by atoms with Crippen LogP contribution in [0.2, 0.25) is 0 Å². The second-order valence-corrected chi connectivity index (χ2v) is 9.39. The first kappa shape index (κ1) is 17.9. The highest BCUT2D eigenvalue weighted by atomic mass is 32.2. The lowest BCUT2D eigenvalue weighted by Gasteiger charge is -2.23. The number of carbonyl (C=O) groups is 1. The molecule has 1 N–H and O–H groups in total. The van der Waals surface area contributed by atoms with Gasteiger partial charge in [-0.2, -0.15) is 0 Å². The van der Waals surface area contributed by atoms with Crippen molar-refractivity contribution >= 4 is 27.2 Å². The van der Waals surface area contributed by atoms with Gasteiger partial charge in [0.25, 0.3) is 0 Å². The zero-order valence-electron chi connectivity index (χ0n) is 14.0. The zero-order chi connectivity index (χ0) is 17.9. The standard InChI is InChI=1S/C17H21N3O3S2/c1-20(15-7-8-25(22,23)12-15)17(21)18-10-14-11-24-16(19-14)9-13-5-3-2-4-6-13/h2-6,11,15H,7-10,12H2,1H3,(H,18,21). The van der Waals surface area contributed by atoms with Crippen LogP contribution < -0.4 is 5.32 Å². The van der Waals surface area contributed by atoms with Crippen molar-refractivity contribution in [1.82, 2.24) is 15.2 Å². The summed E-state index contributed by atoms with van der Waals surface area (Å²) in [6, 6.07) is 9.61. The van der Waals surface area contributed by atoms with E-state index in [1.165, 1.54) is 10.5 Å². The van der Waals surface area contributed by atoms with E-state index in [2.05, 4.69) is 22.4 Å². The molecule has 1 aromatic heterocycles. The third-order valence-electron chi connectivity index (χ3n) is 4.29. The molecule has 0 radical (unpaired) electrons. The predicted octanol–water partition coefficient (Wildman–Crippen LogP) is 2.06. The second kappa shape index (κ2) is 7.53. The van der Waals surface area contributed by atoms with E-state index in [0.29, 0.717) is 13.0 Å². The minimum atomic E-state index is -3.00. The first-order valence-electron chi connectivity index (χ1n) is 8.11. The summed E-state index contributed by atoms with van der Waals surface area (Å²) < 4.78 is 23.1. The molecule has 1 saturated heterocycles. The number of nitrogens with zero attached hydrogens (tertiary/aromatic N) is 2. The number of thiazole rings is 1. The molecule has 1 aliphatic rings. The van der Waals surface area contributed by atoms with Crippen molar-refractivity contribution in [1.29, 1.82) is 0 Å². The van der Waals surface area contributed by atoms with Gasteiger partial charge in [0.2, 0.25) is 0 Å². The monoisotopic (exact) mass is 379 g/mol. The third-order valence-corrected chi connectivity index (χ3v) is 6.94. The number of hydrogen-bond acceptors (Lipinski definition) is 5. The van der Waals surface area contributed by atoms with Crippen molar-refractivity contribution < 1.29 is 13.2 Å². The topological polar surface area (TPSA) is 79.4 Å². The van der Waals surface area contributed by atoms with Crippen molar-refractivity contribution in [2.45, 2.75) is 25.4 Å². The van der Waals surface area contributed by atoms with Gasteiger partial charge in [-0.15, -0.1) is 11.3 Å². The smallest absolute Gasteiger partial charge is 0.317 e. The maximum atomic E-state index is 12.2. The van der Waals surface area contributed by atoms with Crippen molar-refractivity contribution in [2.75, 3.05) is 18.6 Å². The maximum absolute atomic E-state index is 12.2. The summed E-state index contributed by atoms with van der Waals surface area (Å²) in [7, 11) is -1.36. The Morgan fingerprint density at radius 1 is 1.36 bits per heavy atom. The second-order valence-electron chi connectivity index (χ2n) is 6.22. The molecule has 3 rings (SSSR count). The number of carbonyl (C=O) groups excluding carboxylic acids is 1. The lowest BCUT2D eigenvalue weighted by Crippen LogP contribution is -2.43. The molecule has 2 amide bonds. The van der Waals surface area contributed by atoms with Gasteiger partial charge in [0, 0.05) is 24.9 Å². The molecule has 25 heavy (non-hydrogen) atoms. The summed E-state index contributed by atoms with van der Waals surface area (Å²) in [5.41, 5.74) is 2.02. The number of aromatic nitrogens is 1. The third kappa shape index (κ3) is 4.79. The Morgan fingerprint density at radius 3 is 2.80 bits per heavy atom. The first-order valence-corrected chi connectivity index (χ1v) is 10.8. The Morgan fingerprint density at radius 2 is 2.12 bits per heavy atom. The molecule has 0 aliphatic carbocycles. The fourth-order valence-corrected chi connectivity index (χ4v) is 5.42. The Balaban J connectivity index is 1.51. The van der Waals surface area contributed by atoms with Gasteiger partial charge in [0.15, 0.2) is 9.84 Å². The Kier molecular flexibility index (Phi) is 5.39. The summed E-state index contributed by atoms with van der Waals surface area (Å²) in [5.74, 6) is 0.207.